The van der Waals surface area contributed by atoms with E-state index in [1.165, 1.54) is 12.8 Å². The second kappa shape index (κ2) is 2.81. The molecule has 2 N–H and O–H groups in total. The summed E-state index contributed by atoms with van der Waals surface area (Å²) in [5.41, 5.74) is 5.52. The fraction of sp³-hybridized carbons (Fsp3) is 0.667. The molecule has 0 radical (unpaired) electrons. The second-order valence-electron chi connectivity index (χ2n) is 3.78. The zero-order valence-corrected chi connectivity index (χ0v) is 7.40. The summed E-state index contributed by atoms with van der Waals surface area (Å²) in [7, 11) is 0. The van der Waals surface area contributed by atoms with Gasteiger partial charge >= 0.3 is 0 Å². The van der Waals surface area contributed by atoms with Gasteiger partial charge in [-0.3, -0.25) is 4.68 Å². The molecule has 0 spiro atoms. The summed E-state index contributed by atoms with van der Waals surface area (Å²) in [6, 6.07) is 1.85. The number of rotatable bonds is 2. The molecule has 12 heavy (non-hydrogen) atoms. The van der Waals surface area contributed by atoms with Crippen LogP contribution in [0.25, 0.3) is 0 Å². The third kappa shape index (κ3) is 1.31. The number of hydrogen-bond acceptors (Lipinski definition) is 2. The largest absolute Gasteiger partial charge is 0.382 e. The predicted molar refractivity (Wildman–Crippen MR) is 48.5 cm³/mol. The Morgan fingerprint density at radius 1 is 1.67 bits per heavy atom. The first-order valence-electron chi connectivity index (χ1n) is 4.54. The molecule has 3 heteroatoms. The van der Waals surface area contributed by atoms with Crippen molar-refractivity contribution in [3.8, 4) is 0 Å². The van der Waals surface area contributed by atoms with Crippen LogP contribution >= 0.6 is 0 Å². The van der Waals surface area contributed by atoms with E-state index in [2.05, 4.69) is 12.0 Å². The predicted octanol–water partition coefficient (Wildman–Crippen LogP) is 1.51. The van der Waals surface area contributed by atoms with E-state index >= 15 is 0 Å². The number of nitrogens with zero attached hydrogens (tertiary/aromatic N) is 2. The molecule has 1 fully saturated rings. The molecule has 0 unspecified atom stereocenters. The molecule has 1 aliphatic rings. The van der Waals surface area contributed by atoms with E-state index < -0.39 is 0 Å². The molecule has 0 aromatic carbocycles. The Labute approximate surface area is 72.6 Å². The van der Waals surface area contributed by atoms with Crippen LogP contribution in [0.15, 0.2) is 12.3 Å². The van der Waals surface area contributed by atoms with Crippen LogP contribution in [0.3, 0.4) is 0 Å². The molecule has 1 aromatic rings. The summed E-state index contributed by atoms with van der Waals surface area (Å²) in [6.45, 7) is 3.35. The lowest BCUT2D eigenvalue weighted by Crippen LogP contribution is -2.27. The summed E-state index contributed by atoms with van der Waals surface area (Å²) in [5.74, 6) is 2.32. The van der Waals surface area contributed by atoms with Crippen LogP contribution in [0.5, 0.6) is 0 Å². The Kier molecular flexibility index (Phi) is 1.79. The Bertz CT molecular complexity index is 266. The lowest BCUT2D eigenvalue weighted by Gasteiger charge is -2.33. The van der Waals surface area contributed by atoms with E-state index in [4.69, 9.17) is 5.73 Å². The number of nitrogens with two attached hydrogens (primary N) is 1. The molecule has 0 saturated heterocycles. The highest BCUT2D eigenvalue weighted by atomic mass is 15.3. The van der Waals surface area contributed by atoms with Crippen LogP contribution in [0.4, 0.5) is 5.82 Å². The van der Waals surface area contributed by atoms with Crippen molar-refractivity contribution in [2.24, 2.45) is 11.8 Å². The van der Waals surface area contributed by atoms with Crippen molar-refractivity contribution in [2.75, 3.05) is 5.73 Å². The number of hydrogen-bond donors (Lipinski definition) is 1. The first-order chi connectivity index (χ1) is 5.75. The second-order valence-corrected chi connectivity index (χ2v) is 3.78. The van der Waals surface area contributed by atoms with Crippen LogP contribution in [0, 0.1) is 11.8 Å². The average Bonchev–Trinajstić information content (AvgIpc) is 2.44. The molecular formula is C9H15N3. The average molecular weight is 165 g/mol. The molecule has 0 amide bonds. The van der Waals surface area contributed by atoms with Crippen molar-refractivity contribution in [3.63, 3.8) is 0 Å². The van der Waals surface area contributed by atoms with Crippen molar-refractivity contribution in [3.05, 3.63) is 12.3 Å². The van der Waals surface area contributed by atoms with Gasteiger partial charge in [-0.1, -0.05) is 13.3 Å². The number of nitrogen functional groups attached to an aromatic ring is 1. The van der Waals surface area contributed by atoms with E-state index in [1.54, 1.807) is 0 Å². The van der Waals surface area contributed by atoms with Crippen molar-refractivity contribution in [1.29, 1.82) is 0 Å². The summed E-state index contributed by atoms with van der Waals surface area (Å²) in [4.78, 5) is 0. The lowest BCUT2D eigenvalue weighted by molar-refractivity contribution is 0.165. The van der Waals surface area contributed by atoms with E-state index in [-0.39, 0.29) is 0 Å². The van der Waals surface area contributed by atoms with Crippen molar-refractivity contribution < 1.29 is 0 Å². The van der Waals surface area contributed by atoms with Crippen molar-refractivity contribution >= 4 is 5.82 Å². The molecule has 1 aliphatic carbocycles. The van der Waals surface area contributed by atoms with Crippen LogP contribution in [-0.2, 0) is 6.54 Å². The van der Waals surface area contributed by atoms with Gasteiger partial charge < -0.3 is 5.73 Å². The van der Waals surface area contributed by atoms with Gasteiger partial charge in [0.2, 0.25) is 0 Å². The van der Waals surface area contributed by atoms with E-state index in [0.29, 0.717) is 5.82 Å². The van der Waals surface area contributed by atoms with Gasteiger partial charge in [0.1, 0.15) is 5.82 Å². The van der Waals surface area contributed by atoms with Gasteiger partial charge in [0, 0.05) is 12.7 Å². The molecular weight excluding hydrogens is 150 g/mol. The van der Waals surface area contributed by atoms with Gasteiger partial charge in [-0.15, -0.1) is 0 Å². The van der Waals surface area contributed by atoms with Crippen LogP contribution < -0.4 is 5.73 Å². The van der Waals surface area contributed by atoms with Crippen LogP contribution in [0.2, 0.25) is 0 Å². The smallest absolute Gasteiger partial charge is 0.145 e. The molecule has 2 atom stereocenters. The Balaban J connectivity index is 1.95. The van der Waals surface area contributed by atoms with E-state index in [0.717, 1.165) is 18.4 Å². The highest BCUT2D eigenvalue weighted by Gasteiger charge is 2.26. The minimum Gasteiger partial charge on any atom is -0.382 e. The van der Waals surface area contributed by atoms with Gasteiger partial charge in [0.15, 0.2) is 0 Å². The van der Waals surface area contributed by atoms with Crippen LogP contribution in [-0.4, -0.2) is 9.78 Å². The topological polar surface area (TPSA) is 43.8 Å². The number of aromatic nitrogens is 2. The fourth-order valence-electron chi connectivity index (χ4n) is 1.73. The minimum absolute atomic E-state index is 0.627. The number of anilines is 1. The standard InChI is InChI=1S/C9H15N3/c1-7-2-3-8(7)6-12-5-4-9(10)11-12/h4-5,7-8H,2-3,6H2,1H3,(H2,10,11)/t7-,8-/m1/s1. The maximum atomic E-state index is 5.52. The zero-order chi connectivity index (χ0) is 8.55. The van der Waals surface area contributed by atoms with Gasteiger partial charge in [-0.2, -0.15) is 5.10 Å². The minimum atomic E-state index is 0.627. The van der Waals surface area contributed by atoms with Crippen molar-refractivity contribution in [2.45, 2.75) is 26.3 Å². The van der Waals surface area contributed by atoms with Gasteiger partial charge in [-0.05, 0) is 24.3 Å². The first-order valence-corrected chi connectivity index (χ1v) is 4.54. The zero-order valence-electron chi connectivity index (χ0n) is 7.40. The third-order valence-electron chi connectivity index (χ3n) is 2.88. The van der Waals surface area contributed by atoms with Crippen molar-refractivity contribution in [1.82, 2.24) is 9.78 Å². The molecule has 2 rings (SSSR count). The quantitative estimate of drug-likeness (QED) is 0.722. The molecule has 1 aromatic heterocycles. The molecule has 66 valence electrons. The lowest BCUT2D eigenvalue weighted by atomic mass is 9.75. The summed E-state index contributed by atoms with van der Waals surface area (Å²) in [6.07, 6.45) is 4.68. The Morgan fingerprint density at radius 2 is 2.50 bits per heavy atom. The fourth-order valence-corrected chi connectivity index (χ4v) is 1.73. The summed E-state index contributed by atoms with van der Waals surface area (Å²) >= 11 is 0. The molecule has 1 heterocycles. The first kappa shape index (κ1) is 7.65. The summed E-state index contributed by atoms with van der Waals surface area (Å²) < 4.78 is 1.95. The van der Waals surface area contributed by atoms with Gasteiger partial charge in [0.05, 0.1) is 0 Å². The van der Waals surface area contributed by atoms with E-state index in [9.17, 15) is 0 Å². The maximum absolute atomic E-state index is 5.52. The summed E-state index contributed by atoms with van der Waals surface area (Å²) in [5, 5.41) is 4.16. The van der Waals surface area contributed by atoms with Gasteiger partial charge in [0.25, 0.3) is 0 Å². The Hall–Kier alpha value is -0.990. The highest BCUT2D eigenvalue weighted by molar-refractivity contribution is 5.23. The molecule has 0 bridgehead atoms. The normalized spacial score (nSPS) is 28.4. The van der Waals surface area contributed by atoms with Gasteiger partial charge in [-0.25, -0.2) is 0 Å². The third-order valence-corrected chi connectivity index (χ3v) is 2.88. The molecule has 1 saturated carbocycles. The Morgan fingerprint density at radius 3 is 2.92 bits per heavy atom. The van der Waals surface area contributed by atoms with Crippen LogP contribution in [0.1, 0.15) is 19.8 Å². The maximum Gasteiger partial charge on any atom is 0.145 e. The molecule has 0 aliphatic heterocycles. The highest BCUT2D eigenvalue weighted by Crippen LogP contribution is 2.34. The monoisotopic (exact) mass is 165 g/mol. The SMILES string of the molecule is C[C@@H]1CC[C@@H]1Cn1ccc(N)n1. The van der Waals surface area contributed by atoms with E-state index in [1.807, 2.05) is 16.9 Å². The molecule has 3 nitrogen and oxygen atoms in total.